The number of hydrogen-bond donors (Lipinski definition) is 4. The fourth-order valence-electron chi connectivity index (χ4n) is 5.17. The third-order valence-corrected chi connectivity index (χ3v) is 9.79. The molecule has 6 N–H and O–H groups in total. The van der Waals surface area contributed by atoms with Crippen LogP contribution in [0.2, 0.25) is 0 Å². The predicted molar refractivity (Wildman–Crippen MR) is 148 cm³/mol. The maximum absolute atomic E-state index is 15.0. The lowest BCUT2D eigenvalue weighted by atomic mass is 10.0. The smallest absolute Gasteiger partial charge is 0.382 e. The monoisotopic (exact) mass is 643 g/mol. The van der Waals surface area contributed by atoms with Crippen LogP contribution in [0, 0.1) is 5.92 Å². The Morgan fingerprint density at radius 1 is 0.976 bits per heavy atom. The molecule has 17 nitrogen and oxygen atoms in total. The van der Waals surface area contributed by atoms with Gasteiger partial charge in [-0.15, -0.1) is 9.42 Å². The standard InChI is InChI=1S/C21H25FN10O7P2S/c22-11-2-15(32-9-30-17-19(24)26-7-28-21(17)32)39-13(11)4-37-41(35,42)5-10-1-14(38-12(10)3-36-40(33)34)31-8-29-16-18(23)25-6-27-20(16)31/h6-15H,1-5H2,(H5-,23,24,25,26,27,28,33,34,35,42)/p+1/t10-,11-,12-,13?,14-,15-,41?/m1/s1. The molecule has 4 aromatic heterocycles. The molecule has 0 bridgehead atoms. The number of halogens is 1. The molecule has 6 heterocycles. The van der Waals surface area contributed by atoms with Gasteiger partial charge in [0.2, 0.25) is 0 Å². The minimum absolute atomic E-state index is 0.00151. The van der Waals surface area contributed by atoms with E-state index in [4.69, 9.17) is 41.8 Å². The van der Waals surface area contributed by atoms with Crippen LogP contribution >= 0.6 is 14.7 Å². The molecule has 42 heavy (non-hydrogen) atoms. The summed E-state index contributed by atoms with van der Waals surface area (Å²) in [5.41, 5.74) is 13.3. The number of hydrogen-bond acceptors (Lipinski definition) is 14. The van der Waals surface area contributed by atoms with Crippen molar-refractivity contribution in [3.05, 3.63) is 25.3 Å². The van der Waals surface area contributed by atoms with Crippen molar-refractivity contribution in [2.24, 2.45) is 5.92 Å². The Labute approximate surface area is 242 Å². The number of aromatic nitrogens is 8. The van der Waals surface area contributed by atoms with Gasteiger partial charge in [-0.25, -0.2) is 34.3 Å². The number of ether oxygens (including phenoxy) is 2. The maximum atomic E-state index is 15.0. The summed E-state index contributed by atoms with van der Waals surface area (Å²) in [6.45, 7) is -4.03. The number of nitrogens with zero attached hydrogens (tertiary/aromatic N) is 8. The lowest BCUT2D eigenvalue weighted by Crippen LogP contribution is -2.26. The molecular formula is C21H26FN10O7P2S+. The van der Waals surface area contributed by atoms with Gasteiger partial charge in [-0.2, -0.15) is 0 Å². The van der Waals surface area contributed by atoms with Crippen molar-refractivity contribution >= 4 is 60.5 Å². The lowest BCUT2D eigenvalue weighted by Gasteiger charge is -2.23. The van der Waals surface area contributed by atoms with Gasteiger partial charge in [0, 0.05) is 23.1 Å². The van der Waals surface area contributed by atoms with Crippen LogP contribution in [0.25, 0.3) is 22.3 Å². The summed E-state index contributed by atoms with van der Waals surface area (Å²) in [5, 5.41) is 0. The van der Waals surface area contributed by atoms with Crippen LogP contribution in [0.4, 0.5) is 16.0 Å². The van der Waals surface area contributed by atoms with Crippen molar-refractivity contribution < 1.29 is 37.3 Å². The lowest BCUT2D eigenvalue weighted by molar-refractivity contribution is -0.0282. The zero-order valence-electron chi connectivity index (χ0n) is 21.7. The van der Waals surface area contributed by atoms with Crippen LogP contribution in [-0.4, -0.2) is 86.6 Å². The Morgan fingerprint density at radius 2 is 1.55 bits per heavy atom. The molecule has 0 radical (unpaired) electrons. The highest BCUT2D eigenvalue weighted by molar-refractivity contribution is 8.09. The van der Waals surface area contributed by atoms with Crippen LogP contribution in [0.1, 0.15) is 25.3 Å². The number of fused-ring (bicyclic) bond motifs is 2. The first-order valence-corrected chi connectivity index (χ1v) is 16.6. The summed E-state index contributed by atoms with van der Waals surface area (Å²) in [6.07, 6.45) is 1.34. The second-order valence-electron chi connectivity index (χ2n) is 9.82. The Bertz CT molecular complexity index is 1680. The van der Waals surface area contributed by atoms with E-state index >= 15 is 0 Å². The van der Waals surface area contributed by atoms with Gasteiger partial charge in [-0.05, 0) is 18.2 Å². The maximum Gasteiger partial charge on any atom is 0.694 e. The van der Waals surface area contributed by atoms with Gasteiger partial charge in [-0.1, -0.05) is 0 Å². The van der Waals surface area contributed by atoms with Gasteiger partial charge in [0.15, 0.2) is 29.4 Å². The summed E-state index contributed by atoms with van der Waals surface area (Å²) in [4.78, 5) is 44.9. The number of nitrogens with two attached hydrogens (primary N) is 2. The van der Waals surface area contributed by atoms with E-state index in [1.807, 2.05) is 0 Å². The van der Waals surface area contributed by atoms with E-state index < -0.39 is 51.5 Å². The summed E-state index contributed by atoms with van der Waals surface area (Å²) in [5.74, 6) is -0.0510. The van der Waals surface area contributed by atoms with Crippen molar-refractivity contribution in [3.8, 4) is 0 Å². The number of anilines is 2. The van der Waals surface area contributed by atoms with E-state index in [9.17, 15) is 18.7 Å². The van der Waals surface area contributed by atoms with Crippen LogP contribution in [-0.2, 0) is 34.9 Å². The molecule has 0 saturated carbocycles. The normalized spacial score (nSPS) is 28.0. The molecule has 224 valence electrons. The molecule has 4 aromatic rings. The Morgan fingerprint density at radius 3 is 2.14 bits per heavy atom. The predicted octanol–water partition coefficient (Wildman–Crippen LogP) is 1.34. The minimum Gasteiger partial charge on any atom is -0.382 e. The highest BCUT2D eigenvalue weighted by Crippen LogP contribution is 2.50. The summed E-state index contributed by atoms with van der Waals surface area (Å²) < 4.78 is 52.0. The van der Waals surface area contributed by atoms with E-state index in [2.05, 4.69) is 29.9 Å². The minimum atomic E-state index is -3.50. The van der Waals surface area contributed by atoms with E-state index in [0.29, 0.717) is 28.7 Å². The number of rotatable bonds is 10. The van der Waals surface area contributed by atoms with Crippen molar-refractivity contribution in [2.75, 3.05) is 30.8 Å². The zero-order valence-corrected chi connectivity index (χ0v) is 24.3. The van der Waals surface area contributed by atoms with E-state index in [1.54, 1.807) is 9.13 Å². The molecule has 2 saturated heterocycles. The number of imidazole rings is 2. The van der Waals surface area contributed by atoms with Crippen molar-refractivity contribution in [1.82, 2.24) is 39.0 Å². The molecule has 0 spiro atoms. The quantitative estimate of drug-likeness (QED) is 0.179. The molecule has 3 unspecified atom stereocenters. The summed E-state index contributed by atoms with van der Waals surface area (Å²) in [7, 11) is -2.89. The third-order valence-electron chi connectivity index (χ3n) is 7.17. The highest BCUT2D eigenvalue weighted by atomic mass is 32.5. The first-order valence-electron chi connectivity index (χ1n) is 12.7. The Kier molecular flexibility index (Phi) is 8.12. The highest BCUT2D eigenvalue weighted by Gasteiger charge is 2.43. The zero-order chi connectivity index (χ0) is 29.6. The fourth-order valence-corrected chi connectivity index (χ4v) is 7.67. The van der Waals surface area contributed by atoms with Gasteiger partial charge in [0.1, 0.15) is 55.0 Å². The first kappa shape index (κ1) is 29.2. The van der Waals surface area contributed by atoms with Gasteiger partial charge in [0.25, 0.3) is 0 Å². The summed E-state index contributed by atoms with van der Waals surface area (Å²) in [6, 6.07) is 0. The molecule has 2 aliphatic heterocycles. The van der Waals surface area contributed by atoms with Crippen LogP contribution in [0.3, 0.4) is 0 Å². The fraction of sp³-hybridized carbons (Fsp3) is 0.524. The molecule has 2 fully saturated rings. The Balaban J connectivity index is 1.12. The Hall–Kier alpha value is -2.86. The van der Waals surface area contributed by atoms with E-state index in [1.165, 1.54) is 25.3 Å². The van der Waals surface area contributed by atoms with E-state index in [0.717, 1.165) is 0 Å². The molecule has 21 heteroatoms. The number of nitrogen functional groups attached to an aromatic ring is 2. The second kappa shape index (κ2) is 11.7. The molecule has 0 aromatic carbocycles. The summed E-state index contributed by atoms with van der Waals surface area (Å²) >= 11 is 5.42. The molecule has 2 aliphatic rings. The molecule has 6 rings (SSSR count). The SMILES string of the molecule is Nc1ncnc2c1ncn2[C@H]1C[C@@H](F)C(COP(O)(=S)C[C@H]2C[C@H](n3cnc4c(N)ncnc43)O[C@@H]2CO[P+](=O)O)O1. The molecular weight excluding hydrogens is 617 g/mol. The third kappa shape index (κ3) is 5.84. The van der Waals surface area contributed by atoms with Crippen molar-refractivity contribution in [1.29, 1.82) is 0 Å². The van der Waals surface area contributed by atoms with Crippen molar-refractivity contribution in [3.63, 3.8) is 0 Å². The van der Waals surface area contributed by atoms with Gasteiger partial charge in [-0.3, -0.25) is 9.13 Å². The average molecular weight is 644 g/mol. The molecule has 0 amide bonds. The van der Waals surface area contributed by atoms with Gasteiger partial charge in [0.05, 0.1) is 25.4 Å². The first-order chi connectivity index (χ1) is 20.1. The molecule has 0 aliphatic carbocycles. The second-order valence-corrected chi connectivity index (χ2v) is 14.2. The largest absolute Gasteiger partial charge is 0.694 e. The van der Waals surface area contributed by atoms with Crippen LogP contribution in [0.15, 0.2) is 25.3 Å². The molecule has 8 atom stereocenters. The number of alkyl halides is 1. The van der Waals surface area contributed by atoms with Crippen LogP contribution < -0.4 is 11.5 Å². The van der Waals surface area contributed by atoms with Gasteiger partial charge < -0.3 is 30.4 Å². The van der Waals surface area contributed by atoms with Crippen molar-refractivity contribution in [2.45, 2.75) is 43.7 Å². The van der Waals surface area contributed by atoms with E-state index in [-0.39, 0.29) is 37.4 Å². The van der Waals surface area contributed by atoms with Gasteiger partial charge >= 0.3 is 8.25 Å². The average Bonchev–Trinajstić information content (AvgIpc) is 3.72. The van der Waals surface area contributed by atoms with Crippen LogP contribution in [0.5, 0.6) is 0 Å². The topological polar surface area (TPSA) is 234 Å².